The first-order chi connectivity index (χ1) is 16.8. The van der Waals surface area contributed by atoms with Gasteiger partial charge in [-0.2, -0.15) is 0 Å². The first-order valence-corrected chi connectivity index (χ1v) is 12.2. The van der Waals surface area contributed by atoms with Crippen molar-refractivity contribution >= 4 is 9.84 Å². The second-order valence-electron chi connectivity index (χ2n) is 7.80. The van der Waals surface area contributed by atoms with Crippen LogP contribution < -0.4 is 9.47 Å². The first-order valence-electron chi connectivity index (χ1n) is 10.8. The predicted octanol–water partition coefficient (Wildman–Crippen LogP) is 6.68. The van der Waals surface area contributed by atoms with Gasteiger partial charge in [-0.25, -0.2) is 8.42 Å². The summed E-state index contributed by atoms with van der Waals surface area (Å²) in [6.07, 6.45) is 11.0. The number of sulfone groups is 1. The molecule has 0 fully saturated rings. The van der Waals surface area contributed by atoms with Gasteiger partial charge in [0.05, 0.1) is 9.79 Å². The third-order valence-electron chi connectivity index (χ3n) is 5.60. The van der Waals surface area contributed by atoms with Crippen LogP contribution in [0.25, 0.3) is 0 Å². The van der Waals surface area contributed by atoms with Gasteiger partial charge in [-0.1, -0.05) is 24.0 Å². The van der Waals surface area contributed by atoms with Crippen molar-refractivity contribution in [2.75, 3.05) is 0 Å². The zero-order chi connectivity index (χ0) is 25.0. The zero-order valence-electron chi connectivity index (χ0n) is 19.3. The summed E-state index contributed by atoms with van der Waals surface area (Å²) in [4.78, 5) is 0.315. The van der Waals surface area contributed by atoms with Gasteiger partial charge in [-0.05, 0) is 86.6 Å². The summed E-state index contributed by atoms with van der Waals surface area (Å²) >= 11 is 0. The maximum Gasteiger partial charge on any atom is 0.206 e. The molecule has 0 spiro atoms. The summed E-state index contributed by atoms with van der Waals surface area (Å²) in [5.41, 5.74) is 3.17. The Morgan fingerprint density at radius 2 is 0.971 bits per heavy atom. The van der Waals surface area contributed by atoms with Gasteiger partial charge in [0, 0.05) is 22.3 Å². The Kier molecular flexibility index (Phi) is 6.64. The van der Waals surface area contributed by atoms with Gasteiger partial charge in [0.15, 0.2) is 0 Å². The molecule has 0 aliphatic carbocycles. The highest BCUT2D eigenvalue weighted by molar-refractivity contribution is 7.91. The molecular formula is C30H22O4S. The minimum Gasteiger partial charge on any atom is -0.457 e. The Balaban J connectivity index is 1.52. The van der Waals surface area contributed by atoms with Crippen LogP contribution in [0.15, 0.2) is 94.7 Å². The Morgan fingerprint density at radius 1 is 0.600 bits per heavy atom. The Morgan fingerprint density at radius 3 is 1.31 bits per heavy atom. The van der Waals surface area contributed by atoms with Crippen molar-refractivity contribution in [1.82, 2.24) is 0 Å². The van der Waals surface area contributed by atoms with Crippen molar-refractivity contribution in [3.63, 3.8) is 0 Å². The molecule has 5 heteroatoms. The van der Waals surface area contributed by atoms with Crippen molar-refractivity contribution in [1.29, 1.82) is 0 Å². The quantitative estimate of drug-likeness (QED) is 0.290. The second kappa shape index (κ2) is 9.81. The second-order valence-corrected chi connectivity index (χ2v) is 9.75. The van der Waals surface area contributed by atoms with Crippen molar-refractivity contribution in [2.24, 2.45) is 0 Å². The molecule has 4 aromatic rings. The summed E-state index contributed by atoms with van der Waals surface area (Å²) in [6.45, 7) is 3.76. The molecule has 0 atom stereocenters. The summed E-state index contributed by atoms with van der Waals surface area (Å²) in [5, 5.41) is 0. The molecule has 0 aliphatic rings. The molecule has 0 N–H and O–H groups in total. The number of hydrogen-bond acceptors (Lipinski definition) is 4. The molecule has 4 nitrogen and oxygen atoms in total. The molecule has 0 saturated heterocycles. The number of rotatable bonds is 6. The van der Waals surface area contributed by atoms with Crippen LogP contribution in [0.2, 0.25) is 0 Å². The molecule has 4 rings (SSSR count). The summed E-state index contributed by atoms with van der Waals surface area (Å²) in [7, 11) is -3.72. The fraction of sp³-hybridized carbons (Fsp3) is 0.0667. The maximum atomic E-state index is 13.1. The van der Waals surface area contributed by atoms with Crippen LogP contribution in [0.4, 0.5) is 0 Å². The molecule has 35 heavy (non-hydrogen) atoms. The first kappa shape index (κ1) is 23.7. The van der Waals surface area contributed by atoms with Gasteiger partial charge in [0.2, 0.25) is 9.84 Å². The van der Waals surface area contributed by atoms with Crippen molar-refractivity contribution in [3.8, 4) is 47.7 Å². The van der Waals surface area contributed by atoms with E-state index in [0.717, 1.165) is 22.3 Å². The van der Waals surface area contributed by atoms with E-state index in [-0.39, 0.29) is 9.79 Å². The van der Waals surface area contributed by atoms with Gasteiger partial charge >= 0.3 is 0 Å². The van der Waals surface area contributed by atoms with E-state index in [4.69, 9.17) is 22.3 Å². The van der Waals surface area contributed by atoms with E-state index in [0.29, 0.717) is 23.0 Å². The van der Waals surface area contributed by atoms with Crippen LogP contribution in [0.3, 0.4) is 0 Å². The summed E-state index contributed by atoms with van der Waals surface area (Å²) in [6, 6.07) is 23.5. The van der Waals surface area contributed by atoms with E-state index in [2.05, 4.69) is 11.8 Å². The van der Waals surface area contributed by atoms with Crippen molar-refractivity contribution < 1.29 is 17.9 Å². The molecule has 0 unspecified atom stereocenters. The van der Waals surface area contributed by atoms with Gasteiger partial charge < -0.3 is 9.47 Å². The minimum absolute atomic E-state index is 0.158. The van der Waals surface area contributed by atoms with E-state index in [9.17, 15) is 8.42 Å². The topological polar surface area (TPSA) is 52.6 Å². The Labute approximate surface area is 206 Å². The molecule has 0 radical (unpaired) electrons. The SMILES string of the molecule is C#Cc1cccc(Oc2ccc(S(=O)(=O)c3ccc(Oc4cccc(C#C)c4C)cc3)cc2)c1C. The van der Waals surface area contributed by atoms with E-state index in [1.165, 1.54) is 24.3 Å². The minimum atomic E-state index is -3.72. The lowest BCUT2D eigenvalue weighted by Crippen LogP contribution is -2.02. The third kappa shape index (κ3) is 4.92. The number of hydrogen-bond donors (Lipinski definition) is 0. The third-order valence-corrected chi connectivity index (χ3v) is 7.39. The van der Waals surface area contributed by atoms with E-state index < -0.39 is 9.84 Å². The van der Waals surface area contributed by atoms with Crippen LogP contribution in [-0.4, -0.2) is 8.42 Å². The lowest BCUT2D eigenvalue weighted by atomic mass is 10.1. The number of ether oxygens (including phenoxy) is 2. The highest BCUT2D eigenvalue weighted by Crippen LogP contribution is 2.31. The fourth-order valence-corrected chi connectivity index (χ4v) is 4.79. The fourth-order valence-electron chi connectivity index (χ4n) is 3.53. The van der Waals surface area contributed by atoms with Crippen molar-refractivity contribution in [2.45, 2.75) is 23.6 Å². The normalized spacial score (nSPS) is 10.7. The lowest BCUT2D eigenvalue weighted by molar-refractivity contribution is 0.478. The molecule has 0 bridgehead atoms. The highest BCUT2D eigenvalue weighted by Gasteiger charge is 2.18. The largest absolute Gasteiger partial charge is 0.457 e. The Bertz CT molecular complexity index is 1450. The van der Waals surface area contributed by atoms with Crippen LogP contribution in [0, 0.1) is 38.5 Å². The van der Waals surface area contributed by atoms with E-state index in [1.807, 2.05) is 50.2 Å². The van der Waals surface area contributed by atoms with E-state index >= 15 is 0 Å². The van der Waals surface area contributed by atoms with Crippen LogP contribution >= 0.6 is 0 Å². The smallest absolute Gasteiger partial charge is 0.206 e. The molecule has 0 saturated carbocycles. The van der Waals surface area contributed by atoms with Crippen LogP contribution in [0.1, 0.15) is 22.3 Å². The van der Waals surface area contributed by atoms with Gasteiger partial charge in [-0.3, -0.25) is 0 Å². The van der Waals surface area contributed by atoms with Crippen molar-refractivity contribution in [3.05, 3.63) is 107 Å². The van der Waals surface area contributed by atoms with Gasteiger partial charge in [0.25, 0.3) is 0 Å². The number of terminal acetylenes is 2. The molecule has 0 aliphatic heterocycles. The maximum absolute atomic E-state index is 13.1. The number of benzene rings is 4. The molecule has 0 amide bonds. The average Bonchev–Trinajstić information content (AvgIpc) is 2.87. The zero-order valence-corrected chi connectivity index (χ0v) is 20.1. The molecule has 0 aromatic heterocycles. The monoisotopic (exact) mass is 478 g/mol. The van der Waals surface area contributed by atoms with E-state index in [1.54, 1.807) is 24.3 Å². The van der Waals surface area contributed by atoms with Crippen LogP contribution in [-0.2, 0) is 9.84 Å². The lowest BCUT2D eigenvalue weighted by Gasteiger charge is -2.12. The molecule has 0 heterocycles. The standard InChI is InChI=1S/C30H22O4S/c1-5-23-9-7-11-29(21(23)3)33-25-13-17-27(18-14-25)35(31,32)28-19-15-26(16-20-28)34-30-12-8-10-24(6-2)22(30)4/h1-2,7-20H,3-4H3. The average molecular weight is 479 g/mol. The van der Waals surface area contributed by atoms with Crippen LogP contribution in [0.5, 0.6) is 23.0 Å². The van der Waals surface area contributed by atoms with Gasteiger partial charge in [-0.15, -0.1) is 12.8 Å². The molecular weight excluding hydrogens is 456 g/mol. The summed E-state index contributed by atoms with van der Waals surface area (Å²) in [5.74, 6) is 7.49. The Hall–Kier alpha value is -4.45. The molecule has 172 valence electrons. The molecule has 4 aromatic carbocycles. The predicted molar refractivity (Wildman–Crippen MR) is 137 cm³/mol. The highest BCUT2D eigenvalue weighted by atomic mass is 32.2. The van der Waals surface area contributed by atoms with Gasteiger partial charge in [0.1, 0.15) is 23.0 Å². The summed E-state index contributed by atoms with van der Waals surface area (Å²) < 4.78 is 38.1.